The molecule has 0 spiro atoms. The van der Waals surface area contributed by atoms with E-state index in [1.165, 1.54) is 6.92 Å². The Bertz CT molecular complexity index is 927. The second-order valence-electron chi connectivity index (χ2n) is 5.15. The molecule has 0 aliphatic heterocycles. The summed E-state index contributed by atoms with van der Waals surface area (Å²) >= 11 is 0. The van der Waals surface area contributed by atoms with Crippen molar-refractivity contribution in [3.05, 3.63) is 57.7 Å². The number of carboxylic acid groups (broad SMARTS) is 1. The van der Waals surface area contributed by atoms with Gasteiger partial charge in [0.1, 0.15) is 11.2 Å². The predicted octanol–water partition coefficient (Wildman–Crippen LogP) is -0.888. The van der Waals surface area contributed by atoms with Crippen molar-refractivity contribution in [2.24, 2.45) is 0 Å². The van der Waals surface area contributed by atoms with Crippen molar-refractivity contribution in [1.29, 1.82) is 0 Å². The van der Waals surface area contributed by atoms with Crippen LogP contribution in [0.4, 0.5) is 0 Å². The van der Waals surface area contributed by atoms with Crippen molar-refractivity contribution in [3.63, 3.8) is 0 Å². The van der Waals surface area contributed by atoms with Gasteiger partial charge in [0.25, 0.3) is 0 Å². The summed E-state index contributed by atoms with van der Waals surface area (Å²) in [5.74, 6) is -2.05. The molecule has 0 aliphatic rings. The molecule has 3 aromatic rings. The number of fused-ring (bicyclic) bond motifs is 2. The van der Waals surface area contributed by atoms with Gasteiger partial charge in [-0.25, -0.2) is 0 Å². The van der Waals surface area contributed by atoms with Crippen LogP contribution in [-0.2, 0) is 4.79 Å². The largest absolute Gasteiger partial charge is 1.00 e. The molecule has 4 nitrogen and oxygen atoms in total. The average molecular weight is 304 g/mol. The van der Waals surface area contributed by atoms with E-state index >= 15 is 0 Å². The summed E-state index contributed by atoms with van der Waals surface area (Å²) in [4.78, 5) is 23.7. The predicted molar refractivity (Wildman–Crippen MR) is 78.1 cm³/mol. The van der Waals surface area contributed by atoms with Crippen molar-refractivity contribution in [3.8, 4) is 0 Å². The maximum atomic E-state index is 12.6. The number of carboxylic acids is 1. The van der Waals surface area contributed by atoms with E-state index in [2.05, 4.69) is 0 Å². The Morgan fingerprint density at radius 3 is 2.32 bits per heavy atom. The van der Waals surface area contributed by atoms with Crippen LogP contribution >= 0.6 is 0 Å². The van der Waals surface area contributed by atoms with Gasteiger partial charge < -0.3 is 14.3 Å². The summed E-state index contributed by atoms with van der Waals surface area (Å²) < 4.78 is 5.87. The Morgan fingerprint density at radius 1 is 1.09 bits per heavy atom. The minimum Gasteiger partial charge on any atom is -0.550 e. The zero-order chi connectivity index (χ0) is 15.1. The number of aliphatic carboxylic acids is 1. The fraction of sp³-hybridized carbons (Fsp3) is 0.176. The van der Waals surface area contributed by atoms with Gasteiger partial charge in [-0.15, -0.1) is 0 Å². The Morgan fingerprint density at radius 2 is 1.68 bits per heavy atom. The first-order valence-electron chi connectivity index (χ1n) is 6.66. The van der Waals surface area contributed by atoms with Crippen LogP contribution in [0, 0.1) is 6.92 Å². The first-order chi connectivity index (χ1) is 10.0. The van der Waals surface area contributed by atoms with Crippen molar-refractivity contribution >= 4 is 27.9 Å². The molecule has 5 heteroatoms. The maximum Gasteiger partial charge on any atom is 1.00 e. The second-order valence-corrected chi connectivity index (χ2v) is 5.15. The van der Waals surface area contributed by atoms with E-state index in [-0.39, 0.29) is 35.0 Å². The van der Waals surface area contributed by atoms with Crippen LogP contribution in [0.15, 0.2) is 45.6 Å². The Hall–Kier alpha value is -1.62. The van der Waals surface area contributed by atoms with Crippen LogP contribution < -0.4 is 40.1 Å². The molecular formula is C17H13NaO4. The number of benzene rings is 2. The number of carbonyl (C=O) groups is 1. The Labute approximate surface area is 149 Å². The monoisotopic (exact) mass is 304 g/mol. The number of aryl methyl sites for hydroxylation is 1. The maximum absolute atomic E-state index is 12.6. The van der Waals surface area contributed by atoms with Crippen LogP contribution in [0.3, 0.4) is 0 Å². The van der Waals surface area contributed by atoms with Crippen LogP contribution in [0.25, 0.3) is 21.9 Å². The van der Waals surface area contributed by atoms with E-state index in [0.717, 1.165) is 5.56 Å². The smallest absolute Gasteiger partial charge is 0.550 e. The fourth-order valence-corrected chi connectivity index (χ4v) is 2.53. The van der Waals surface area contributed by atoms with Gasteiger partial charge in [0.05, 0.1) is 10.8 Å². The minimum absolute atomic E-state index is 0. The SMILES string of the molecule is Cc1cccc2c(=O)c3cccc([C@H](C)C(=O)[O-])c3oc12.[Na+]. The molecule has 2 aromatic carbocycles. The number of para-hydroxylation sites is 2. The van der Waals surface area contributed by atoms with Gasteiger partial charge in [-0.05, 0) is 24.6 Å². The van der Waals surface area contributed by atoms with Crippen molar-refractivity contribution < 1.29 is 43.9 Å². The number of hydrogen-bond donors (Lipinski definition) is 0. The second kappa shape index (κ2) is 6.24. The molecule has 0 saturated carbocycles. The summed E-state index contributed by atoms with van der Waals surface area (Å²) in [5.41, 5.74) is 1.95. The molecule has 0 N–H and O–H groups in total. The number of hydrogen-bond acceptors (Lipinski definition) is 4. The summed E-state index contributed by atoms with van der Waals surface area (Å²) in [6, 6.07) is 10.3. The molecule has 1 heterocycles. The zero-order valence-corrected chi connectivity index (χ0v) is 14.7. The first-order valence-corrected chi connectivity index (χ1v) is 6.66. The van der Waals surface area contributed by atoms with E-state index < -0.39 is 11.9 Å². The number of rotatable bonds is 2. The van der Waals surface area contributed by atoms with Gasteiger partial charge in [0.2, 0.25) is 5.43 Å². The van der Waals surface area contributed by atoms with Gasteiger partial charge >= 0.3 is 29.6 Å². The van der Waals surface area contributed by atoms with Gasteiger partial charge in [0.15, 0.2) is 0 Å². The molecule has 1 aromatic heterocycles. The van der Waals surface area contributed by atoms with Crippen molar-refractivity contribution in [1.82, 2.24) is 0 Å². The van der Waals surface area contributed by atoms with E-state index in [1.54, 1.807) is 30.3 Å². The van der Waals surface area contributed by atoms with Crippen LogP contribution in [0.1, 0.15) is 24.0 Å². The summed E-state index contributed by atoms with van der Waals surface area (Å²) in [6.07, 6.45) is 0. The fourth-order valence-electron chi connectivity index (χ4n) is 2.53. The van der Waals surface area contributed by atoms with Crippen molar-refractivity contribution in [2.75, 3.05) is 0 Å². The Balaban J connectivity index is 0.00000176. The Kier molecular flexibility index (Phi) is 4.75. The van der Waals surface area contributed by atoms with Gasteiger partial charge in [-0.1, -0.05) is 31.2 Å². The normalized spacial score (nSPS) is 12.1. The third-order valence-electron chi connectivity index (χ3n) is 3.77. The average Bonchev–Trinajstić information content (AvgIpc) is 2.47. The van der Waals surface area contributed by atoms with Crippen LogP contribution in [0.5, 0.6) is 0 Å². The van der Waals surface area contributed by atoms with E-state index in [1.807, 2.05) is 13.0 Å². The molecule has 3 rings (SSSR count). The topological polar surface area (TPSA) is 70.3 Å². The molecule has 0 radical (unpaired) electrons. The molecular weight excluding hydrogens is 291 g/mol. The van der Waals surface area contributed by atoms with Crippen LogP contribution in [0.2, 0.25) is 0 Å². The molecule has 0 amide bonds. The molecule has 106 valence electrons. The molecule has 0 aliphatic carbocycles. The van der Waals surface area contributed by atoms with E-state index in [0.29, 0.717) is 27.5 Å². The summed E-state index contributed by atoms with van der Waals surface area (Å²) in [7, 11) is 0. The summed E-state index contributed by atoms with van der Waals surface area (Å²) in [6.45, 7) is 3.37. The zero-order valence-electron chi connectivity index (χ0n) is 12.7. The molecule has 0 bridgehead atoms. The molecule has 0 fully saturated rings. The van der Waals surface area contributed by atoms with E-state index in [9.17, 15) is 14.7 Å². The quantitative estimate of drug-likeness (QED) is 0.455. The van der Waals surface area contributed by atoms with Crippen molar-refractivity contribution in [2.45, 2.75) is 19.8 Å². The minimum atomic E-state index is -1.20. The summed E-state index contributed by atoms with van der Waals surface area (Å²) in [5, 5.41) is 12.0. The van der Waals surface area contributed by atoms with Gasteiger partial charge in [-0.2, -0.15) is 0 Å². The van der Waals surface area contributed by atoms with Crippen LogP contribution in [-0.4, -0.2) is 5.97 Å². The van der Waals surface area contributed by atoms with E-state index in [4.69, 9.17) is 4.42 Å². The molecule has 0 unspecified atom stereocenters. The first kappa shape index (κ1) is 16.7. The molecule has 0 saturated heterocycles. The molecule has 22 heavy (non-hydrogen) atoms. The standard InChI is InChI=1S/C17H14O4.Na/c1-9-5-3-7-12-14(18)13-8-4-6-11(10(2)17(19)20)16(13)21-15(9)12;/h3-8,10H,1-2H3,(H,19,20);/q;+1/p-1/t10-;/m0./s1. The van der Waals surface area contributed by atoms with Gasteiger partial charge in [0, 0.05) is 17.5 Å². The molecule has 1 atom stereocenters. The number of carbonyl (C=O) groups excluding carboxylic acids is 1. The third kappa shape index (κ3) is 2.58. The van der Waals surface area contributed by atoms with Gasteiger partial charge in [-0.3, -0.25) is 4.79 Å². The third-order valence-corrected chi connectivity index (χ3v) is 3.77.